The minimum atomic E-state index is -0.687. The lowest BCUT2D eigenvalue weighted by Gasteiger charge is -2.38. The van der Waals surface area contributed by atoms with E-state index in [0.29, 0.717) is 6.54 Å². The summed E-state index contributed by atoms with van der Waals surface area (Å²) in [5.74, 6) is 0. The van der Waals surface area contributed by atoms with Crippen molar-refractivity contribution in [2.45, 2.75) is 38.2 Å². The fourth-order valence-electron chi connectivity index (χ4n) is 2.49. The van der Waals surface area contributed by atoms with Gasteiger partial charge in [0.05, 0.1) is 12.1 Å². The largest absolute Gasteiger partial charge is 0.388 e. The summed E-state index contributed by atoms with van der Waals surface area (Å²) in [7, 11) is 0. The predicted octanol–water partition coefficient (Wildman–Crippen LogP) is 1.05. The number of urea groups is 1. The SMILES string of the molecule is CC1(O)CCCN(C(=O)N2CCCC2)C1. The summed E-state index contributed by atoms with van der Waals surface area (Å²) in [6, 6.07) is 0.118. The Hall–Kier alpha value is -0.770. The van der Waals surface area contributed by atoms with Crippen LogP contribution in [-0.4, -0.2) is 52.7 Å². The molecule has 86 valence electrons. The van der Waals surface area contributed by atoms with Crippen LogP contribution in [0.1, 0.15) is 32.6 Å². The number of β-amino-alcohol motifs (C(OH)–C–C–N with tert-alkyl or cyclic N) is 1. The van der Waals surface area contributed by atoms with Gasteiger partial charge in [-0.05, 0) is 32.6 Å². The molecular weight excluding hydrogens is 192 g/mol. The molecule has 2 rings (SSSR count). The molecule has 2 aliphatic rings. The zero-order valence-corrected chi connectivity index (χ0v) is 9.41. The maximum Gasteiger partial charge on any atom is 0.320 e. The van der Waals surface area contributed by atoms with Gasteiger partial charge in [-0.3, -0.25) is 0 Å². The summed E-state index contributed by atoms with van der Waals surface area (Å²) in [6.45, 7) is 4.87. The summed E-state index contributed by atoms with van der Waals surface area (Å²) in [5.41, 5.74) is -0.687. The minimum Gasteiger partial charge on any atom is -0.388 e. The van der Waals surface area contributed by atoms with Gasteiger partial charge in [0.1, 0.15) is 0 Å². The molecule has 2 saturated heterocycles. The fraction of sp³-hybridized carbons (Fsp3) is 0.909. The summed E-state index contributed by atoms with van der Waals surface area (Å²) in [5, 5.41) is 9.92. The summed E-state index contributed by atoms with van der Waals surface area (Å²) in [4.78, 5) is 15.7. The molecule has 2 aliphatic heterocycles. The van der Waals surface area contributed by atoms with Crippen molar-refractivity contribution in [3.05, 3.63) is 0 Å². The molecule has 0 spiro atoms. The van der Waals surface area contributed by atoms with Gasteiger partial charge in [0, 0.05) is 19.6 Å². The number of hydrogen-bond acceptors (Lipinski definition) is 2. The summed E-state index contributed by atoms with van der Waals surface area (Å²) in [6.07, 6.45) is 3.95. The van der Waals surface area contributed by atoms with Crippen LogP contribution in [0.5, 0.6) is 0 Å². The molecule has 0 bridgehead atoms. The van der Waals surface area contributed by atoms with Gasteiger partial charge >= 0.3 is 6.03 Å². The normalized spacial score (nSPS) is 32.1. The average Bonchev–Trinajstić information content (AvgIpc) is 2.67. The Kier molecular flexibility index (Phi) is 2.87. The van der Waals surface area contributed by atoms with Gasteiger partial charge in [0.2, 0.25) is 0 Å². The second-order valence-electron chi connectivity index (χ2n) is 5.00. The molecule has 1 N–H and O–H groups in total. The molecule has 2 heterocycles. The molecule has 0 aromatic rings. The van der Waals surface area contributed by atoms with Crippen molar-refractivity contribution in [1.29, 1.82) is 0 Å². The molecule has 2 amide bonds. The third-order valence-corrected chi connectivity index (χ3v) is 3.32. The van der Waals surface area contributed by atoms with Crippen LogP contribution in [0.2, 0.25) is 0 Å². The lowest BCUT2D eigenvalue weighted by Crippen LogP contribution is -2.52. The zero-order chi connectivity index (χ0) is 10.9. The van der Waals surface area contributed by atoms with Crippen molar-refractivity contribution in [2.75, 3.05) is 26.2 Å². The van der Waals surface area contributed by atoms with Crippen molar-refractivity contribution in [3.8, 4) is 0 Å². The van der Waals surface area contributed by atoms with Gasteiger partial charge in [0.25, 0.3) is 0 Å². The number of nitrogens with zero attached hydrogens (tertiary/aromatic N) is 2. The highest BCUT2D eigenvalue weighted by molar-refractivity contribution is 5.74. The first-order valence-corrected chi connectivity index (χ1v) is 5.85. The number of amides is 2. The molecular formula is C11H20N2O2. The van der Waals surface area contributed by atoms with Crippen LogP contribution in [0.4, 0.5) is 4.79 Å². The molecule has 0 saturated carbocycles. The van der Waals surface area contributed by atoms with E-state index < -0.39 is 5.60 Å². The highest BCUT2D eigenvalue weighted by Gasteiger charge is 2.33. The molecule has 0 aromatic heterocycles. The maximum absolute atomic E-state index is 12.0. The van der Waals surface area contributed by atoms with Crippen LogP contribution in [-0.2, 0) is 0 Å². The fourth-order valence-corrected chi connectivity index (χ4v) is 2.49. The Balaban J connectivity index is 1.94. The van der Waals surface area contributed by atoms with E-state index in [4.69, 9.17) is 0 Å². The monoisotopic (exact) mass is 212 g/mol. The third-order valence-electron chi connectivity index (χ3n) is 3.32. The molecule has 1 unspecified atom stereocenters. The number of hydrogen-bond donors (Lipinski definition) is 1. The number of piperidine rings is 1. The van der Waals surface area contributed by atoms with Crippen molar-refractivity contribution >= 4 is 6.03 Å². The highest BCUT2D eigenvalue weighted by atomic mass is 16.3. The first kappa shape index (κ1) is 10.7. The van der Waals surface area contributed by atoms with Crippen molar-refractivity contribution in [2.24, 2.45) is 0 Å². The van der Waals surface area contributed by atoms with Gasteiger partial charge in [-0.15, -0.1) is 0 Å². The van der Waals surface area contributed by atoms with Crippen LogP contribution in [0.25, 0.3) is 0 Å². The topological polar surface area (TPSA) is 43.8 Å². The molecule has 0 aliphatic carbocycles. The minimum absolute atomic E-state index is 0.118. The van der Waals surface area contributed by atoms with Crippen molar-refractivity contribution in [3.63, 3.8) is 0 Å². The van der Waals surface area contributed by atoms with Gasteiger partial charge < -0.3 is 14.9 Å². The summed E-state index contributed by atoms with van der Waals surface area (Å²) < 4.78 is 0. The Morgan fingerprint density at radius 1 is 1.13 bits per heavy atom. The van der Waals surface area contributed by atoms with Crippen LogP contribution in [0.15, 0.2) is 0 Å². The van der Waals surface area contributed by atoms with Gasteiger partial charge in [0.15, 0.2) is 0 Å². The van der Waals surface area contributed by atoms with E-state index in [-0.39, 0.29) is 6.03 Å². The van der Waals surface area contributed by atoms with Crippen LogP contribution in [0, 0.1) is 0 Å². The smallest absolute Gasteiger partial charge is 0.320 e. The van der Waals surface area contributed by atoms with E-state index in [1.807, 2.05) is 11.8 Å². The Morgan fingerprint density at radius 2 is 1.73 bits per heavy atom. The van der Waals surface area contributed by atoms with Crippen LogP contribution in [0.3, 0.4) is 0 Å². The standard InChI is InChI=1S/C11H20N2O2/c1-11(15)5-4-8-13(9-11)10(14)12-6-2-3-7-12/h15H,2-9H2,1H3. The Bertz CT molecular complexity index is 247. The number of likely N-dealkylation sites (tertiary alicyclic amines) is 2. The number of rotatable bonds is 0. The molecule has 4 nitrogen and oxygen atoms in total. The predicted molar refractivity (Wildman–Crippen MR) is 57.6 cm³/mol. The Labute approximate surface area is 90.9 Å². The maximum atomic E-state index is 12.0. The third kappa shape index (κ3) is 2.43. The van der Waals surface area contributed by atoms with E-state index in [1.54, 1.807) is 4.90 Å². The molecule has 2 fully saturated rings. The first-order valence-electron chi connectivity index (χ1n) is 5.85. The van der Waals surface area contributed by atoms with Crippen molar-refractivity contribution < 1.29 is 9.90 Å². The van der Waals surface area contributed by atoms with E-state index >= 15 is 0 Å². The molecule has 1 atom stereocenters. The molecule has 0 aromatic carbocycles. The van der Waals surface area contributed by atoms with E-state index in [9.17, 15) is 9.90 Å². The van der Waals surface area contributed by atoms with Crippen LogP contribution < -0.4 is 0 Å². The number of aliphatic hydroxyl groups is 1. The van der Waals surface area contributed by atoms with Gasteiger partial charge in [-0.25, -0.2) is 4.79 Å². The zero-order valence-electron chi connectivity index (χ0n) is 9.41. The van der Waals surface area contributed by atoms with E-state index in [1.165, 1.54) is 0 Å². The molecule has 4 heteroatoms. The quantitative estimate of drug-likeness (QED) is 0.652. The number of carbonyl (C=O) groups is 1. The van der Waals surface area contributed by atoms with E-state index in [0.717, 1.165) is 45.3 Å². The highest BCUT2D eigenvalue weighted by Crippen LogP contribution is 2.22. The Morgan fingerprint density at radius 3 is 2.33 bits per heavy atom. The van der Waals surface area contributed by atoms with E-state index in [2.05, 4.69) is 0 Å². The van der Waals surface area contributed by atoms with Crippen LogP contribution >= 0.6 is 0 Å². The lowest BCUT2D eigenvalue weighted by molar-refractivity contribution is -0.00672. The van der Waals surface area contributed by atoms with Gasteiger partial charge in [-0.2, -0.15) is 0 Å². The second-order valence-corrected chi connectivity index (χ2v) is 5.00. The lowest BCUT2D eigenvalue weighted by atomic mass is 9.95. The number of carbonyl (C=O) groups excluding carboxylic acids is 1. The second kappa shape index (κ2) is 4.00. The average molecular weight is 212 g/mol. The molecule has 0 radical (unpaired) electrons. The van der Waals surface area contributed by atoms with Crippen molar-refractivity contribution in [1.82, 2.24) is 9.80 Å². The van der Waals surface area contributed by atoms with Gasteiger partial charge in [-0.1, -0.05) is 0 Å². The first-order chi connectivity index (χ1) is 7.08. The summed E-state index contributed by atoms with van der Waals surface area (Å²) >= 11 is 0. The molecule has 15 heavy (non-hydrogen) atoms.